The van der Waals surface area contributed by atoms with Gasteiger partial charge in [0.1, 0.15) is 11.5 Å². The molecule has 0 fully saturated rings. The average Bonchev–Trinajstić information content (AvgIpc) is 2.67. The second-order valence-electron chi connectivity index (χ2n) is 6.24. The van der Waals surface area contributed by atoms with Gasteiger partial charge in [0, 0.05) is 11.9 Å². The number of allylic oxidation sites excluding steroid dienone is 1. The highest BCUT2D eigenvalue weighted by molar-refractivity contribution is 6.03. The number of aromatic nitrogens is 1. The number of hydrogen-bond acceptors (Lipinski definition) is 5. The number of pyridine rings is 1. The number of ether oxygens (including phenoxy) is 1. The first-order valence-corrected chi connectivity index (χ1v) is 8.70. The van der Waals surface area contributed by atoms with Crippen molar-refractivity contribution in [3.05, 3.63) is 77.0 Å². The quantitative estimate of drug-likeness (QED) is 0.618. The summed E-state index contributed by atoms with van der Waals surface area (Å²) in [6.07, 6.45) is -3.62. The van der Waals surface area contributed by atoms with Crippen LogP contribution in [0.25, 0.3) is 0 Å². The second kappa shape index (κ2) is 7.65. The summed E-state index contributed by atoms with van der Waals surface area (Å²) >= 11 is 0. The minimum absolute atomic E-state index is 0.0826. The fraction of sp³-hybridized carbons (Fsp3) is 0.250. The van der Waals surface area contributed by atoms with E-state index < -0.39 is 34.6 Å². The van der Waals surface area contributed by atoms with E-state index in [1.54, 1.807) is 12.1 Å². The molecule has 1 aliphatic heterocycles. The third-order valence-corrected chi connectivity index (χ3v) is 4.38. The van der Waals surface area contributed by atoms with Crippen LogP contribution in [-0.2, 0) is 15.1 Å². The largest absolute Gasteiger partial charge is 0.462 e. The van der Waals surface area contributed by atoms with Crippen LogP contribution in [0, 0.1) is 5.82 Å². The van der Waals surface area contributed by atoms with Crippen molar-refractivity contribution >= 4 is 11.8 Å². The summed E-state index contributed by atoms with van der Waals surface area (Å²) in [6.45, 7) is 2.69. The zero-order valence-electron chi connectivity index (χ0n) is 15.5. The molecule has 5 nitrogen and oxygen atoms in total. The van der Waals surface area contributed by atoms with E-state index in [0.29, 0.717) is 0 Å². The van der Waals surface area contributed by atoms with Crippen LogP contribution in [0.3, 0.4) is 0 Å². The van der Waals surface area contributed by atoms with Crippen LogP contribution in [0.4, 0.5) is 17.6 Å². The second-order valence-corrected chi connectivity index (χ2v) is 6.24. The molecule has 1 aromatic carbocycles. The summed E-state index contributed by atoms with van der Waals surface area (Å²) in [5.74, 6) is -2.05. The summed E-state index contributed by atoms with van der Waals surface area (Å²) in [7, 11) is 0. The number of halogens is 4. The molecule has 0 spiro atoms. The van der Waals surface area contributed by atoms with E-state index >= 15 is 0 Å². The molecule has 0 saturated carbocycles. The predicted octanol–water partition coefficient (Wildman–Crippen LogP) is 3.87. The van der Waals surface area contributed by atoms with Crippen molar-refractivity contribution in [1.82, 2.24) is 10.3 Å². The Labute approximate surface area is 164 Å². The molecule has 2 heterocycles. The molecule has 0 aliphatic carbocycles. The number of aliphatic imine (C=N–C) groups is 1. The van der Waals surface area contributed by atoms with E-state index in [1.807, 2.05) is 0 Å². The molecule has 0 radical (unpaired) electrons. The molecule has 152 valence electrons. The normalized spacial score (nSPS) is 19.4. The van der Waals surface area contributed by atoms with Crippen LogP contribution in [0.1, 0.15) is 25.1 Å². The van der Waals surface area contributed by atoms with E-state index in [9.17, 15) is 22.4 Å². The van der Waals surface area contributed by atoms with Gasteiger partial charge in [0.25, 0.3) is 0 Å². The van der Waals surface area contributed by atoms with E-state index in [0.717, 1.165) is 24.3 Å². The zero-order valence-corrected chi connectivity index (χ0v) is 15.5. The highest BCUT2D eigenvalue weighted by Gasteiger charge is 2.63. The third kappa shape index (κ3) is 3.59. The van der Waals surface area contributed by atoms with Crippen LogP contribution in [0.2, 0.25) is 0 Å². The standard InChI is InChI=1S/C20H17F4N3O2/c1-3-29-18(28)16-12(2)26-17(15-6-4-5-11-25-15)27-19(16,20(22,23)24)13-7-9-14(21)10-8-13/h4-11H,3H2,1-2H3,(H,26,27). The summed E-state index contributed by atoms with van der Waals surface area (Å²) in [4.78, 5) is 20.5. The van der Waals surface area contributed by atoms with Crippen LogP contribution in [0.15, 0.2) is 64.9 Å². The fourth-order valence-corrected chi connectivity index (χ4v) is 3.16. The Bertz CT molecular complexity index is 969. The Balaban J connectivity index is 2.34. The van der Waals surface area contributed by atoms with Crippen LogP contribution < -0.4 is 5.32 Å². The van der Waals surface area contributed by atoms with E-state index in [-0.39, 0.29) is 23.8 Å². The molecule has 1 aromatic heterocycles. The van der Waals surface area contributed by atoms with Gasteiger partial charge in [0.15, 0.2) is 5.84 Å². The number of alkyl halides is 3. The maximum absolute atomic E-state index is 14.6. The molecule has 29 heavy (non-hydrogen) atoms. The summed E-state index contributed by atoms with van der Waals surface area (Å²) < 4.78 is 62.1. The van der Waals surface area contributed by atoms with Gasteiger partial charge in [-0.05, 0) is 43.7 Å². The number of nitrogens with zero attached hydrogens (tertiary/aromatic N) is 2. The lowest BCUT2D eigenvalue weighted by Gasteiger charge is -2.38. The Hall–Kier alpha value is -3.23. The van der Waals surface area contributed by atoms with Gasteiger partial charge in [-0.25, -0.2) is 14.2 Å². The smallest absolute Gasteiger partial charge is 0.422 e. The van der Waals surface area contributed by atoms with Crippen molar-refractivity contribution in [1.29, 1.82) is 0 Å². The molecule has 0 amide bonds. The third-order valence-electron chi connectivity index (χ3n) is 4.38. The summed E-state index contributed by atoms with van der Waals surface area (Å²) in [5.41, 5.74) is -4.14. The molecular weight excluding hydrogens is 390 g/mol. The van der Waals surface area contributed by atoms with Crippen molar-refractivity contribution < 1.29 is 27.1 Å². The van der Waals surface area contributed by atoms with Gasteiger partial charge in [0.2, 0.25) is 5.54 Å². The topological polar surface area (TPSA) is 63.6 Å². The zero-order chi connectivity index (χ0) is 21.2. The number of rotatable bonds is 4. The maximum Gasteiger partial charge on any atom is 0.422 e. The van der Waals surface area contributed by atoms with Crippen molar-refractivity contribution in [3.63, 3.8) is 0 Å². The Morgan fingerprint density at radius 2 is 1.86 bits per heavy atom. The molecule has 1 aliphatic rings. The lowest BCUT2D eigenvalue weighted by atomic mass is 9.79. The Kier molecular flexibility index (Phi) is 5.41. The molecule has 1 N–H and O–H groups in total. The van der Waals surface area contributed by atoms with Crippen molar-refractivity contribution in [2.45, 2.75) is 25.6 Å². The van der Waals surface area contributed by atoms with Gasteiger partial charge >= 0.3 is 12.1 Å². The predicted molar refractivity (Wildman–Crippen MR) is 97.4 cm³/mol. The Morgan fingerprint density at radius 3 is 2.41 bits per heavy atom. The number of nitrogens with one attached hydrogen (secondary N) is 1. The number of hydrogen-bond donors (Lipinski definition) is 1. The summed E-state index contributed by atoms with van der Waals surface area (Å²) in [5, 5.41) is 2.72. The van der Waals surface area contributed by atoms with Gasteiger partial charge in [-0.15, -0.1) is 0 Å². The monoisotopic (exact) mass is 407 g/mol. The Morgan fingerprint density at radius 1 is 1.17 bits per heavy atom. The van der Waals surface area contributed by atoms with E-state index in [4.69, 9.17) is 4.74 Å². The van der Waals surface area contributed by atoms with Crippen LogP contribution >= 0.6 is 0 Å². The van der Waals surface area contributed by atoms with Crippen molar-refractivity contribution in [2.24, 2.45) is 4.99 Å². The summed E-state index contributed by atoms with van der Waals surface area (Å²) in [6, 6.07) is 8.38. The molecule has 3 rings (SSSR count). The molecule has 0 saturated heterocycles. The molecule has 2 aromatic rings. The SMILES string of the molecule is CCOC(=O)C1=C(C)NC(c2ccccn2)=NC1(c1ccc(F)cc1)C(F)(F)F. The van der Waals surface area contributed by atoms with Gasteiger partial charge < -0.3 is 10.1 Å². The highest BCUT2D eigenvalue weighted by Crippen LogP contribution is 2.50. The van der Waals surface area contributed by atoms with Gasteiger partial charge in [0.05, 0.1) is 12.2 Å². The molecular formula is C20H17F4N3O2. The average molecular weight is 407 g/mol. The highest BCUT2D eigenvalue weighted by atomic mass is 19.4. The molecule has 1 atom stereocenters. The number of benzene rings is 1. The molecule has 0 bridgehead atoms. The van der Waals surface area contributed by atoms with Crippen molar-refractivity contribution in [2.75, 3.05) is 6.61 Å². The molecule has 9 heteroatoms. The number of carbonyl (C=O) groups is 1. The first-order chi connectivity index (χ1) is 13.7. The lowest BCUT2D eigenvalue weighted by Crippen LogP contribution is -2.51. The van der Waals surface area contributed by atoms with Crippen LogP contribution in [-0.4, -0.2) is 29.6 Å². The number of esters is 1. The van der Waals surface area contributed by atoms with Gasteiger partial charge in [-0.3, -0.25) is 4.98 Å². The molecule has 1 unspecified atom stereocenters. The number of amidine groups is 1. The van der Waals surface area contributed by atoms with Crippen LogP contribution in [0.5, 0.6) is 0 Å². The lowest BCUT2D eigenvalue weighted by molar-refractivity contribution is -0.183. The first-order valence-electron chi connectivity index (χ1n) is 8.70. The van der Waals surface area contributed by atoms with Crippen molar-refractivity contribution in [3.8, 4) is 0 Å². The fourth-order valence-electron chi connectivity index (χ4n) is 3.16. The first kappa shape index (κ1) is 20.5. The van der Waals surface area contributed by atoms with Gasteiger partial charge in [-0.1, -0.05) is 18.2 Å². The number of carbonyl (C=O) groups excluding carboxylic acids is 1. The minimum atomic E-state index is -5.03. The van der Waals surface area contributed by atoms with Gasteiger partial charge in [-0.2, -0.15) is 13.2 Å². The maximum atomic E-state index is 14.6. The van der Waals surface area contributed by atoms with E-state index in [2.05, 4.69) is 15.3 Å². The minimum Gasteiger partial charge on any atom is -0.462 e. The van der Waals surface area contributed by atoms with E-state index in [1.165, 1.54) is 26.1 Å².